The third-order valence-electron chi connectivity index (χ3n) is 4.85. The molecule has 0 radical (unpaired) electrons. The molecule has 0 bridgehead atoms. The quantitative estimate of drug-likeness (QED) is 0.286. The average molecular weight is 363 g/mol. The van der Waals surface area contributed by atoms with Crippen LogP contribution >= 0.6 is 0 Å². The minimum absolute atomic E-state index is 0.0303. The SMILES string of the molecule is C=NN1CC(C)(C=O)N(CC2CCCO2)C(=O)/C1=C/C/C(=C/CC)OC. The summed E-state index contributed by atoms with van der Waals surface area (Å²) in [7, 11) is 1.61. The lowest BCUT2D eigenvalue weighted by atomic mass is 9.96. The number of aldehydes is 1. The second-order valence-electron chi connectivity index (χ2n) is 6.80. The van der Waals surface area contributed by atoms with E-state index in [1.807, 2.05) is 13.0 Å². The molecule has 0 aliphatic carbocycles. The van der Waals surface area contributed by atoms with Crippen LogP contribution in [-0.4, -0.2) is 67.3 Å². The minimum atomic E-state index is -0.967. The molecule has 2 atom stereocenters. The van der Waals surface area contributed by atoms with Gasteiger partial charge in [0.25, 0.3) is 5.91 Å². The third-order valence-corrected chi connectivity index (χ3v) is 4.85. The van der Waals surface area contributed by atoms with E-state index in [9.17, 15) is 9.59 Å². The molecule has 2 rings (SSSR count). The van der Waals surface area contributed by atoms with Crippen LogP contribution in [0.5, 0.6) is 0 Å². The number of amides is 1. The fourth-order valence-corrected chi connectivity index (χ4v) is 3.33. The summed E-state index contributed by atoms with van der Waals surface area (Å²) in [5, 5.41) is 5.46. The molecule has 0 aromatic carbocycles. The molecule has 0 saturated carbocycles. The van der Waals surface area contributed by atoms with Gasteiger partial charge in [0.2, 0.25) is 0 Å². The van der Waals surface area contributed by atoms with Crippen molar-refractivity contribution < 1.29 is 19.1 Å². The van der Waals surface area contributed by atoms with Crippen molar-refractivity contribution in [3.63, 3.8) is 0 Å². The molecular weight excluding hydrogens is 334 g/mol. The van der Waals surface area contributed by atoms with Gasteiger partial charge in [-0.25, -0.2) is 0 Å². The number of piperazine rings is 1. The Balaban J connectivity index is 2.28. The molecule has 26 heavy (non-hydrogen) atoms. The van der Waals surface area contributed by atoms with Crippen LogP contribution in [0.2, 0.25) is 0 Å². The molecule has 2 fully saturated rings. The van der Waals surface area contributed by atoms with Crippen LogP contribution in [0.1, 0.15) is 39.5 Å². The average Bonchev–Trinajstić information content (AvgIpc) is 3.16. The van der Waals surface area contributed by atoms with Gasteiger partial charge < -0.3 is 19.2 Å². The van der Waals surface area contributed by atoms with Crippen LogP contribution in [0.15, 0.2) is 28.7 Å². The summed E-state index contributed by atoms with van der Waals surface area (Å²) in [5.41, 5.74) is -0.554. The number of hydrogen-bond acceptors (Lipinski definition) is 6. The second-order valence-corrected chi connectivity index (χ2v) is 6.80. The van der Waals surface area contributed by atoms with Crippen LogP contribution in [0.25, 0.3) is 0 Å². The van der Waals surface area contributed by atoms with E-state index in [0.29, 0.717) is 25.3 Å². The topological polar surface area (TPSA) is 71.4 Å². The van der Waals surface area contributed by atoms with Gasteiger partial charge in [-0.15, -0.1) is 0 Å². The van der Waals surface area contributed by atoms with E-state index < -0.39 is 5.54 Å². The maximum Gasteiger partial charge on any atom is 0.272 e. The van der Waals surface area contributed by atoms with Gasteiger partial charge in [0, 0.05) is 26.3 Å². The summed E-state index contributed by atoms with van der Waals surface area (Å²) >= 11 is 0. The number of ether oxygens (including phenoxy) is 2. The Morgan fingerprint density at radius 1 is 1.54 bits per heavy atom. The fraction of sp³-hybridized carbons (Fsp3) is 0.632. The smallest absolute Gasteiger partial charge is 0.272 e. The van der Waals surface area contributed by atoms with Gasteiger partial charge in [0.1, 0.15) is 17.5 Å². The van der Waals surface area contributed by atoms with Crippen LogP contribution in [0, 0.1) is 0 Å². The Hall–Kier alpha value is -2.15. The summed E-state index contributed by atoms with van der Waals surface area (Å²) in [6.07, 6.45) is 7.73. The van der Waals surface area contributed by atoms with Gasteiger partial charge in [-0.05, 0) is 38.3 Å². The first-order valence-corrected chi connectivity index (χ1v) is 9.06. The van der Waals surface area contributed by atoms with Crippen LogP contribution in [-0.2, 0) is 19.1 Å². The van der Waals surface area contributed by atoms with Crippen molar-refractivity contribution in [3.8, 4) is 0 Å². The van der Waals surface area contributed by atoms with E-state index in [-0.39, 0.29) is 18.6 Å². The molecule has 7 nitrogen and oxygen atoms in total. The number of hydrogen-bond donors (Lipinski definition) is 0. The van der Waals surface area contributed by atoms with Crippen molar-refractivity contribution in [1.82, 2.24) is 9.91 Å². The Morgan fingerprint density at radius 2 is 2.31 bits per heavy atom. The highest BCUT2D eigenvalue weighted by Gasteiger charge is 2.45. The third kappa shape index (κ3) is 4.33. The van der Waals surface area contributed by atoms with Gasteiger partial charge in [-0.3, -0.25) is 9.80 Å². The fourth-order valence-electron chi connectivity index (χ4n) is 3.33. The Morgan fingerprint density at radius 3 is 2.85 bits per heavy atom. The summed E-state index contributed by atoms with van der Waals surface area (Å²) in [6, 6.07) is 0. The van der Waals surface area contributed by atoms with Gasteiger partial charge >= 0.3 is 0 Å². The Labute approximate surface area is 155 Å². The zero-order valence-corrected chi connectivity index (χ0v) is 15.9. The van der Waals surface area contributed by atoms with Gasteiger partial charge in [-0.2, -0.15) is 5.10 Å². The van der Waals surface area contributed by atoms with Crippen LogP contribution in [0.3, 0.4) is 0 Å². The molecule has 144 valence electrons. The zero-order valence-electron chi connectivity index (χ0n) is 15.9. The molecular formula is C19H29N3O4. The molecule has 0 aromatic rings. The standard InChI is InChI=1S/C19H29N3O4/c1-5-7-15(25-4)9-10-17-18(24)21(12-16-8-6-11-26-16)19(2,14-23)13-22(17)20-3/h7,10,14,16H,3,5-6,8-9,11-13H2,1-2,4H3/b15-7-,17-10-. The Kier molecular flexibility index (Phi) is 6.97. The second kappa shape index (κ2) is 8.98. The van der Waals surface area contributed by atoms with Gasteiger partial charge in [0.05, 0.1) is 25.5 Å². The number of hydrazone groups is 1. The number of nitrogens with zero attached hydrogens (tertiary/aromatic N) is 3. The van der Waals surface area contributed by atoms with E-state index in [0.717, 1.165) is 31.3 Å². The molecule has 2 aliphatic heterocycles. The van der Waals surface area contributed by atoms with E-state index in [1.165, 1.54) is 5.01 Å². The minimum Gasteiger partial charge on any atom is -0.501 e. The van der Waals surface area contributed by atoms with Gasteiger partial charge in [0.15, 0.2) is 0 Å². The lowest BCUT2D eigenvalue weighted by Gasteiger charge is -2.46. The molecule has 2 saturated heterocycles. The molecule has 0 spiro atoms. The lowest BCUT2D eigenvalue weighted by molar-refractivity contribution is -0.147. The highest BCUT2D eigenvalue weighted by Crippen LogP contribution is 2.29. The summed E-state index contributed by atoms with van der Waals surface area (Å²) in [5.74, 6) is 0.548. The first-order valence-electron chi connectivity index (χ1n) is 9.06. The van der Waals surface area contributed by atoms with Crippen molar-refractivity contribution >= 4 is 18.9 Å². The van der Waals surface area contributed by atoms with Crippen molar-refractivity contribution in [1.29, 1.82) is 0 Å². The van der Waals surface area contributed by atoms with Crippen molar-refractivity contribution in [3.05, 3.63) is 23.6 Å². The van der Waals surface area contributed by atoms with Crippen molar-refractivity contribution in [2.75, 3.05) is 26.8 Å². The summed E-state index contributed by atoms with van der Waals surface area (Å²) in [6.45, 7) is 8.70. The monoisotopic (exact) mass is 363 g/mol. The maximum atomic E-state index is 13.2. The van der Waals surface area contributed by atoms with E-state index in [2.05, 4.69) is 11.8 Å². The van der Waals surface area contributed by atoms with Crippen LogP contribution in [0.4, 0.5) is 0 Å². The molecule has 2 unspecified atom stereocenters. The normalized spacial score (nSPS) is 28.6. The largest absolute Gasteiger partial charge is 0.501 e. The molecule has 2 aliphatic rings. The number of rotatable bonds is 8. The Bertz CT molecular complexity index is 596. The van der Waals surface area contributed by atoms with E-state index in [1.54, 1.807) is 25.0 Å². The first-order chi connectivity index (χ1) is 12.5. The van der Waals surface area contributed by atoms with Crippen LogP contribution < -0.4 is 0 Å². The van der Waals surface area contributed by atoms with Crippen molar-refractivity contribution in [2.24, 2.45) is 5.10 Å². The van der Waals surface area contributed by atoms with Crippen molar-refractivity contribution in [2.45, 2.75) is 51.2 Å². The number of carbonyl (C=O) groups is 2. The predicted molar refractivity (Wildman–Crippen MR) is 99.5 cm³/mol. The molecule has 7 heteroatoms. The summed E-state index contributed by atoms with van der Waals surface area (Å²) in [4.78, 5) is 26.6. The van der Waals surface area contributed by atoms with Gasteiger partial charge in [-0.1, -0.05) is 6.92 Å². The van der Waals surface area contributed by atoms with E-state index >= 15 is 0 Å². The zero-order chi connectivity index (χ0) is 19.2. The lowest BCUT2D eigenvalue weighted by Crippen LogP contribution is -2.63. The summed E-state index contributed by atoms with van der Waals surface area (Å²) < 4.78 is 11.0. The molecule has 2 heterocycles. The first kappa shape index (κ1) is 20.2. The number of allylic oxidation sites excluding steroid dienone is 2. The maximum absolute atomic E-state index is 13.2. The highest BCUT2D eigenvalue weighted by molar-refractivity contribution is 5.96. The number of carbonyl (C=O) groups excluding carboxylic acids is 2. The number of methoxy groups -OCH3 is 1. The molecule has 1 amide bonds. The highest BCUT2D eigenvalue weighted by atomic mass is 16.5. The molecule has 0 aromatic heterocycles. The van der Waals surface area contributed by atoms with E-state index in [4.69, 9.17) is 9.47 Å². The molecule has 0 N–H and O–H groups in total. The predicted octanol–water partition coefficient (Wildman–Crippen LogP) is 2.10.